The lowest BCUT2D eigenvalue weighted by molar-refractivity contribution is -0.141. The first kappa shape index (κ1) is 39.0. The highest BCUT2D eigenvalue weighted by atomic mass is 16.2. The van der Waals surface area contributed by atoms with Crippen LogP contribution in [0.15, 0.2) is 42.5 Å². The Bertz CT molecular complexity index is 1160. The number of rotatable bonds is 20. The second kappa shape index (κ2) is 20.1. The standard InChI is InChI=1S/C34H53N5O6/c1-8-14-26(30(41)34(45)36-20-28(40)39-29(31(35)42)24-16-10-9-11-17-24)37-33(44)27(19-22(4)5)38-32(43)25(23(6)7)18-13-12-15-21(2)3/h9-13,16-17,21-23,25-27,29H,8,14-15,18-20H2,1-7H3,(H2,35,42)(H,36,45)(H,37,44)(H,38,43)(H,39,40)/b13-12+/t25-,26?,27-,29-/m0/s1. The van der Waals surface area contributed by atoms with Gasteiger partial charge in [0.05, 0.1) is 12.6 Å². The molecule has 1 rings (SSSR count). The molecule has 4 atom stereocenters. The molecule has 0 fully saturated rings. The topological polar surface area (TPSA) is 177 Å². The molecule has 1 unspecified atom stereocenters. The van der Waals surface area contributed by atoms with Gasteiger partial charge in [-0.3, -0.25) is 28.8 Å². The average Bonchev–Trinajstić information content (AvgIpc) is 2.97. The molecular formula is C34H53N5O6. The third kappa shape index (κ3) is 14.5. The number of nitrogens with one attached hydrogen (secondary N) is 4. The highest BCUT2D eigenvalue weighted by Crippen LogP contribution is 2.18. The number of carbonyl (C=O) groups is 6. The van der Waals surface area contributed by atoms with E-state index in [2.05, 4.69) is 41.2 Å². The van der Waals surface area contributed by atoms with Crippen LogP contribution in [0.2, 0.25) is 0 Å². The fraction of sp³-hybridized carbons (Fsp3) is 0.588. The van der Waals surface area contributed by atoms with Gasteiger partial charge >= 0.3 is 0 Å². The molecule has 0 aliphatic heterocycles. The summed E-state index contributed by atoms with van der Waals surface area (Å²) in [4.78, 5) is 76.9. The Morgan fingerprint density at radius 1 is 0.778 bits per heavy atom. The lowest BCUT2D eigenvalue weighted by Gasteiger charge is -2.26. The summed E-state index contributed by atoms with van der Waals surface area (Å²) in [6.07, 6.45) is 6.54. The number of amides is 5. The summed E-state index contributed by atoms with van der Waals surface area (Å²) in [5.74, 6) is -4.01. The number of Topliss-reactive ketones (excluding diaryl/α,β-unsaturated/α-hetero) is 1. The van der Waals surface area contributed by atoms with Crippen LogP contribution in [0.3, 0.4) is 0 Å². The van der Waals surface area contributed by atoms with Gasteiger partial charge in [-0.15, -0.1) is 0 Å². The Labute approximate surface area is 267 Å². The number of hydrogen-bond acceptors (Lipinski definition) is 6. The fourth-order valence-corrected chi connectivity index (χ4v) is 4.69. The van der Waals surface area contributed by atoms with E-state index in [1.807, 2.05) is 33.8 Å². The van der Waals surface area contributed by atoms with Gasteiger partial charge in [0.1, 0.15) is 12.1 Å². The van der Waals surface area contributed by atoms with Crippen molar-refractivity contribution in [2.24, 2.45) is 29.4 Å². The van der Waals surface area contributed by atoms with E-state index in [0.717, 1.165) is 6.42 Å². The minimum atomic E-state index is -1.15. The third-order valence-electron chi connectivity index (χ3n) is 7.21. The van der Waals surface area contributed by atoms with Gasteiger partial charge in [0.2, 0.25) is 29.4 Å². The molecule has 5 amide bonds. The molecule has 250 valence electrons. The molecule has 45 heavy (non-hydrogen) atoms. The summed E-state index contributed by atoms with van der Waals surface area (Å²) in [6, 6.07) is 5.20. The molecular weight excluding hydrogens is 574 g/mol. The maximum atomic E-state index is 13.4. The molecule has 0 bridgehead atoms. The van der Waals surface area contributed by atoms with Crippen molar-refractivity contribution in [2.45, 2.75) is 98.7 Å². The fourth-order valence-electron chi connectivity index (χ4n) is 4.69. The predicted octanol–water partition coefficient (Wildman–Crippen LogP) is 3.09. The van der Waals surface area contributed by atoms with E-state index in [-0.39, 0.29) is 30.1 Å². The molecule has 0 aromatic heterocycles. The Hall–Kier alpha value is -4.02. The Balaban J connectivity index is 2.91. The summed E-state index contributed by atoms with van der Waals surface area (Å²) in [6.45, 7) is 13.2. The SMILES string of the molecule is CCCC(NC(=O)[C@H](CC(C)C)NC(=O)[C@@H](C/C=C/CC(C)C)C(C)C)C(=O)C(=O)NCC(=O)N[C@H](C(N)=O)c1ccccc1. The van der Waals surface area contributed by atoms with E-state index >= 15 is 0 Å². The second-order valence-electron chi connectivity index (χ2n) is 12.6. The average molecular weight is 628 g/mol. The van der Waals surface area contributed by atoms with Gasteiger partial charge in [0.25, 0.3) is 5.91 Å². The highest BCUT2D eigenvalue weighted by Gasteiger charge is 2.32. The Kier molecular flexibility index (Phi) is 17.4. The van der Waals surface area contributed by atoms with Crippen LogP contribution >= 0.6 is 0 Å². The molecule has 1 aromatic carbocycles. The molecule has 11 heteroatoms. The van der Waals surface area contributed by atoms with Crippen molar-refractivity contribution in [1.29, 1.82) is 0 Å². The Morgan fingerprint density at radius 3 is 1.91 bits per heavy atom. The first-order chi connectivity index (χ1) is 21.2. The minimum Gasteiger partial charge on any atom is -0.368 e. The van der Waals surface area contributed by atoms with Crippen molar-refractivity contribution >= 4 is 35.3 Å². The number of hydrogen-bond donors (Lipinski definition) is 5. The van der Waals surface area contributed by atoms with E-state index in [1.165, 1.54) is 0 Å². The highest BCUT2D eigenvalue weighted by molar-refractivity contribution is 6.38. The van der Waals surface area contributed by atoms with Gasteiger partial charge in [0, 0.05) is 5.92 Å². The number of carbonyl (C=O) groups excluding carboxylic acids is 6. The normalized spacial score (nSPS) is 14.1. The van der Waals surface area contributed by atoms with Crippen molar-refractivity contribution in [1.82, 2.24) is 21.3 Å². The summed E-state index contributed by atoms with van der Waals surface area (Å²) in [7, 11) is 0. The lowest BCUT2D eigenvalue weighted by atomic mass is 9.90. The number of nitrogens with two attached hydrogens (primary N) is 1. The summed E-state index contributed by atoms with van der Waals surface area (Å²) in [5.41, 5.74) is 5.90. The zero-order valence-electron chi connectivity index (χ0n) is 27.9. The van der Waals surface area contributed by atoms with Crippen molar-refractivity contribution in [3.63, 3.8) is 0 Å². The quantitative estimate of drug-likeness (QED) is 0.110. The number of allylic oxidation sites excluding steroid dienone is 2. The number of ketones is 1. The van der Waals surface area contributed by atoms with E-state index < -0.39 is 54.1 Å². The van der Waals surface area contributed by atoms with Crippen molar-refractivity contribution in [2.75, 3.05) is 6.54 Å². The van der Waals surface area contributed by atoms with Crippen LogP contribution in [0.1, 0.15) is 92.2 Å². The molecule has 0 spiro atoms. The van der Waals surface area contributed by atoms with Crippen molar-refractivity contribution < 1.29 is 28.8 Å². The maximum Gasteiger partial charge on any atom is 0.290 e. The predicted molar refractivity (Wildman–Crippen MR) is 174 cm³/mol. The monoisotopic (exact) mass is 627 g/mol. The number of primary amides is 1. The summed E-state index contributed by atoms with van der Waals surface area (Å²) >= 11 is 0. The van der Waals surface area contributed by atoms with E-state index in [4.69, 9.17) is 5.73 Å². The molecule has 0 aliphatic rings. The van der Waals surface area contributed by atoms with E-state index in [1.54, 1.807) is 37.3 Å². The van der Waals surface area contributed by atoms with Crippen molar-refractivity contribution in [3.05, 3.63) is 48.0 Å². The first-order valence-electron chi connectivity index (χ1n) is 15.9. The largest absolute Gasteiger partial charge is 0.368 e. The van der Waals surface area contributed by atoms with Gasteiger partial charge in [-0.2, -0.15) is 0 Å². The molecule has 0 saturated carbocycles. The zero-order valence-corrected chi connectivity index (χ0v) is 27.9. The molecule has 0 radical (unpaired) electrons. The van der Waals surface area contributed by atoms with Gasteiger partial charge in [0.15, 0.2) is 0 Å². The Morgan fingerprint density at radius 2 is 1.38 bits per heavy atom. The molecule has 0 saturated heterocycles. The van der Waals surface area contributed by atoms with Crippen molar-refractivity contribution in [3.8, 4) is 0 Å². The van der Waals surface area contributed by atoms with E-state index in [0.29, 0.717) is 30.7 Å². The first-order valence-corrected chi connectivity index (χ1v) is 15.9. The second-order valence-corrected chi connectivity index (χ2v) is 12.6. The molecule has 11 nitrogen and oxygen atoms in total. The molecule has 6 N–H and O–H groups in total. The van der Waals surface area contributed by atoms with Crippen LogP contribution in [0.5, 0.6) is 0 Å². The van der Waals surface area contributed by atoms with E-state index in [9.17, 15) is 28.8 Å². The zero-order chi connectivity index (χ0) is 34.1. The van der Waals surface area contributed by atoms with Crippen LogP contribution < -0.4 is 27.0 Å². The van der Waals surface area contributed by atoms with Gasteiger partial charge in [-0.25, -0.2) is 0 Å². The summed E-state index contributed by atoms with van der Waals surface area (Å²) < 4.78 is 0. The van der Waals surface area contributed by atoms with Gasteiger partial charge in [-0.1, -0.05) is 97.4 Å². The van der Waals surface area contributed by atoms with Gasteiger partial charge < -0.3 is 27.0 Å². The molecule has 1 aromatic rings. The van der Waals surface area contributed by atoms with Crippen LogP contribution in [-0.4, -0.2) is 53.9 Å². The van der Waals surface area contributed by atoms with Crippen LogP contribution in [0, 0.1) is 23.7 Å². The molecule has 0 aliphatic carbocycles. The van der Waals surface area contributed by atoms with Crippen LogP contribution in [-0.2, 0) is 28.8 Å². The lowest BCUT2D eigenvalue weighted by Crippen LogP contribution is -2.55. The minimum absolute atomic E-state index is 0.0396. The summed E-state index contributed by atoms with van der Waals surface area (Å²) in [5, 5.41) is 10.3. The van der Waals surface area contributed by atoms with Crippen LogP contribution in [0.4, 0.5) is 0 Å². The van der Waals surface area contributed by atoms with Gasteiger partial charge in [-0.05, 0) is 49.0 Å². The number of benzene rings is 1. The van der Waals surface area contributed by atoms with Crippen LogP contribution in [0.25, 0.3) is 0 Å². The molecule has 0 heterocycles. The maximum absolute atomic E-state index is 13.4. The smallest absolute Gasteiger partial charge is 0.290 e. The third-order valence-corrected chi connectivity index (χ3v) is 7.21.